The Morgan fingerprint density at radius 3 is 2.89 bits per heavy atom. The van der Waals surface area contributed by atoms with Gasteiger partial charge in [-0.05, 0) is 43.9 Å². The maximum Gasteiger partial charge on any atom is 0.0783 e. The number of likely N-dealkylation sites (N-methyl/N-ethyl adjacent to an activating group) is 1. The van der Waals surface area contributed by atoms with Crippen LogP contribution in [0, 0.1) is 5.92 Å². The average molecular weight is 287 g/mol. The summed E-state index contributed by atoms with van der Waals surface area (Å²) in [6.45, 7) is 6.35. The Labute approximate surface area is 122 Å². The Hall–Kier alpha value is 0.230. The molecule has 2 aliphatic rings. The first-order chi connectivity index (χ1) is 9.24. The molecule has 2 heterocycles. The second-order valence-corrected chi connectivity index (χ2v) is 6.96. The SMILES string of the molecule is CCNC(C1CCOC2(CCSC2)C1)C(CC)OC. The predicted octanol–water partition coefficient (Wildman–Crippen LogP) is 2.69. The molecule has 0 aromatic rings. The average Bonchev–Trinajstić information content (AvgIpc) is 2.87. The lowest BCUT2D eigenvalue weighted by molar-refractivity contribution is -0.0952. The molecule has 0 aliphatic carbocycles. The normalized spacial score (nSPS) is 34.6. The van der Waals surface area contributed by atoms with E-state index >= 15 is 0 Å². The minimum Gasteiger partial charge on any atom is -0.380 e. The standard InChI is InChI=1S/C15H29NO2S/c1-4-13(17-3)14(16-5-2)12-6-8-18-15(10-12)7-9-19-11-15/h12-14,16H,4-11H2,1-3H3. The van der Waals surface area contributed by atoms with Crippen LogP contribution in [0.4, 0.5) is 0 Å². The summed E-state index contributed by atoms with van der Waals surface area (Å²) in [5.41, 5.74) is 0.174. The van der Waals surface area contributed by atoms with Crippen LogP contribution in [-0.4, -0.2) is 49.5 Å². The summed E-state index contributed by atoms with van der Waals surface area (Å²) >= 11 is 2.05. The third-order valence-electron chi connectivity index (χ3n) is 4.65. The molecular formula is C15H29NO2S. The number of thioether (sulfide) groups is 1. The van der Waals surface area contributed by atoms with E-state index in [0.29, 0.717) is 18.1 Å². The molecule has 4 heteroatoms. The van der Waals surface area contributed by atoms with Crippen LogP contribution in [0.15, 0.2) is 0 Å². The molecule has 1 spiro atoms. The highest BCUT2D eigenvalue weighted by molar-refractivity contribution is 7.99. The van der Waals surface area contributed by atoms with Gasteiger partial charge in [0.15, 0.2) is 0 Å². The van der Waals surface area contributed by atoms with Gasteiger partial charge in [-0.2, -0.15) is 11.8 Å². The Morgan fingerprint density at radius 1 is 1.47 bits per heavy atom. The van der Waals surface area contributed by atoms with Crippen LogP contribution in [0.25, 0.3) is 0 Å². The van der Waals surface area contributed by atoms with Gasteiger partial charge in [0.2, 0.25) is 0 Å². The molecule has 2 rings (SSSR count). The van der Waals surface area contributed by atoms with Gasteiger partial charge in [-0.15, -0.1) is 0 Å². The van der Waals surface area contributed by atoms with Gasteiger partial charge in [0, 0.05) is 25.5 Å². The second-order valence-electron chi connectivity index (χ2n) is 5.85. The maximum atomic E-state index is 6.14. The van der Waals surface area contributed by atoms with E-state index in [2.05, 4.69) is 19.2 Å². The molecule has 2 aliphatic heterocycles. The van der Waals surface area contributed by atoms with Gasteiger partial charge in [0.1, 0.15) is 0 Å². The van der Waals surface area contributed by atoms with E-state index < -0.39 is 0 Å². The van der Waals surface area contributed by atoms with Crippen LogP contribution in [0.1, 0.15) is 39.5 Å². The summed E-state index contributed by atoms with van der Waals surface area (Å²) < 4.78 is 11.9. The third-order valence-corrected chi connectivity index (χ3v) is 5.87. The predicted molar refractivity (Wildman–Crippen MR) is 81.9 cm³/mol. The maximum absolute atomic E-state index is 6.14. The number of hydrogen-bond acceptors (Lipinski definition) is 4. The highest BCUT2D eigenvalue weighted by Crippen LogP contribution is 2.41. The van der Waals surface area contributed by atoms with Gasteiger partial charge in [0.05, 0.1) is 11.7 Å². The smallest absolute Gasteiger partial charge is 0.0783 e. The van der Waals surface area contributed by atoms with E-state index in [9.17, 15) is 0 Å². The Morgan fingerprint density at radius 2 is 2.32 bits per heavy atom. The van der Waals surface area contributed by atoms with Crippen LogP contribution in [0.2, 0.25) is 0 Å². The summed E-state index contributed by atoms with van der Waals surface area (Å²) in [4.78, 5) is 0. The number of methoxy groups -OCH3 is 1. The summed E-state index contributed by atoms with van der Waals surface area (Å²) in [6, 6.07) is 0.478. The zero-order valence-electron chi connectivity index (χ0n) is 12.6. The van der Waals surface area contributed by atoms with Crippen molar-refractivity contribution >= 4 is 11.8 Å². The molecule has 1 N–H and O–H groups in total. The molecule has 2 fully saturated rings. The topological polar surface area (TPSA) is 30.5 Å². The fraction of sp³-hybridized carbons (Fsp3) is 1.00. The Bertz CT molecular complexity index is 265. The first kappa shape index (κ1) is 15.6. The van der Waals surface area contributed by atoms with Crippen molar-refractivity contribution < 1.29 is 9.47 Å². The van der Waals surface area contributed by atoms with Crippen molar-refractivity contribution in [3.63, 3.8) is 0 Å². The zero-order valence-corrected chi connectivity index (χ0v) is 13.4. The first-order valence-electron chi connectivity index (χ1n) is 7.72. The summed E-state index contributed by atoms with van der Waals surface area (Å²) in [6.07, 6.45) is 5.01. The molecule has 0 aromatic heterocycles. The van der Waals surface area contributed by atoms with E-state index in [4.69, 9.17) is 9.47 Å². The summed E-state index contributed by atoms with van der Waals surface area (Å²) in [7, 11) is 1.85. The number of rotatable bonds is 6. The number of ether oxygens (including phenoxy) is 2. The zero-order chi connectivity index (χ0) is 13.7. The van der Waals surface area contributed by atoms with Gasteiger partial charge in [-0.3, -0.25) is 0 Å². The molecule has 19 heavy (non-hydrogen) atoms. The molecule has 3 nitrogen and oxygen atoms in total. The van der Waals surface area contributed by atoms with Crippen molar-refractivity contribution in [1.82, 2.24) is 5.32 Å². The van der Waals surface area contributed by atoms with E-state index in [-0.39, 0.29) is 5.60 Å². The summed E-state index contributed by atoms with van der Waals surface area (Å²) in [5.74, 6) is 3.14. The van der Waals surface area contributed by atoms with Crippen molar-refractivity contribution in [2.75, 3.05) is 31.8 Å². The third kappa shape index (κ3) is 3.66. The molecule has 4 atom stereocenters. The molecule has 112 valence electrons. The van der Waals surface area contributed by atoms with E-state index in [1.54, 1.807) is 0 Å². The molecule has 0 bridgehead atoms. The Balaban J connectivity index is 2.03. The lowest BCUT2D eigenvalue weighted by Crippen LogP contribution is -2.52. The van der Waals surface area contributed by atoms with E-state index in [1.165, 1.54) is 30.8 Å². The molecule has 0 aromatic carbocycles. The minimum atomic E-state index is 0.174. The molecule has 0 radical (unpaired) electrons. The lowest BCUT2D eigenvalue weighted by Gasteiger charge is -2.43. The van der Waals surface area contributed by atoms with E-state index in [1.807, 2.05) is 18.9 Å². The van der Waals surface area contributed by atoms with Gasteiger partial charge in [-0.1, -0.05) is 13.8 Å². The van der Waals surface area contributed by atoms with E-state index in [0.717, 1.165) is 19.6 Å². The molecule has 0 amide bonds. The van der Waals surface area contributed by atoms with Crippen LogP contribution in [0.3, 0.4) is 0 Å². The molecule has 4 unspecified atom stereocenters. The Kier molecular flexibility index (Phi) is 6.00. The monoisotopic (exact) mass is 287 g/mol. The molecule has 2 saturated heterocycles. The fourth-order valence-corrected chi connectivity index (χ4v) is 5.02. The lowest BCUT2D eigenvalue weighted by atomic mass is 9.79. The summed E-state index contributed by atoms with van der Waals surface area (Å²) in [5, 5.41) is 3.67. The van der Waals surface area contributed by atoms with Gasteiger partial charge in [-0.25, -0.2) is 0 Å². The first-order valence-corrected chi connectivity index (χ1v) is 8.88. The highest BCUT2D eigenvalue weighted by atomic mass is 32.2. The second kappa shape index (κ2) is 7.30. The van der Waals surface area contributed by atoms with Crippen LogP contribution in [0.5, 0.6) is 0 Å². The van der Waals surface area contributed by atoms with Crippen LogP contribution >= 0.6 is 11.8 Å². The van der Waals surface area contributed by atoms with Crippen molar-refractivity contribution in [3.05, 3.63) is 0 Å². The number of nitrogens with one attached hydrogen (secondary N) is 1. The van der Waals surface area contributed by atoms with Gasteiger partial charge >= 0.3 is 0 Å². The van der Waals surface area contributed by atoms with Crippen molar-refractivity contribution in [2.24, 2.45) is 5.92 Å². The highest BCUT2D eigenvalue weighted by Gasteiger charge is 2.43. The largest absolute Gasteiger partial charge is 0.380 e. The van der Waals surface area contributed by atoms with Crippen molar-refractivity contribution in [2.45, 2.75) is 57.3 Å². The molecule has 0 saturated carbocycles. The number of hydrogen-bond donors (Lipinski definition) is 1. The quantitative estimate of drug-likeness (QED) is 0.813. The van der Waals surface area contributed by atoms with Crippen molar-refractivity contribution in [1.29, 1.82) is 0 Å². The van der Waals surface area contributed by atoms with Gasteiger partial charge < -0.3 is 14.8 Å². The minimum absolute atomic E-state index is 0.174. The van der Waals surface area contributed by atoms with Crippen molar-refractivity contribution in [3.8, 4) is 0 Å². The van der Waals surface area contributed by atoms with Crippen LogP contribution in [-0.2, 0) is 9.47 Å². The van der Waals surface area contributed by atoms with Gasteiger partial charge in [0.25, 0.3) is 0 Å². The fourth-order valence-electron chi connectivity index (χ4n) is 3.64. The molecular weight excluding hydrogens is 258 g/mol. The van der Waals surface area contributed by atoms with Crippen LogP contribution < -0.4 is 5.32 Å².